The molecule has 0 aliphatic carbocycles. The molecule has 0 unspecified atom stereocenters. The lowest BCUT2D eigenvalue weighted by atomic mass is 10.1. The second kappa shape index (κ2) is 8.79. The Morgan fingerprint density at radius 3 is 2.58 bits per heavy atom. The minimum atomic E-state index is 0. The maximum absolute atomic E-state index is 6.38. The van der Waals surface area contributed by atoms with Crippen molar-refractivity contribution in [2.45, 2.75) is 40.7 Å². The molecule has 5 heteroatoms. The third-order valence-corrected chi connectivity index (χ3v) is 5.10. The average molecular weight is 393 g/mol. The molecule has 0 radical (unpaired) electrons. The minimum Gasteiger partial charge on any atom is -0.476 e. The third-order valence-electron chi connectivity index (χ3n) is 4.73. The monoisotopic (exact) mass is 392 g/mol. The zero-order valence-electron chi connectivity index (χ0n) is 15.8. The van der Waals surface area contributed by atoms with Gasteiger partial charge in [0.25, 0.3) is 0 Å². The summed E-state index contributed by atoms with van der Waals surface area (Å²) >= 11 is 6.38. The van der Waals surface area contributed by atoms with Crippen molar-refractivity contribution in [3.8, 4) is 5.88 Å². The zero-order valence-corrected chi connectivity index (χ0v) is 17.3. The highest BCUT2D eigenvalue weighted by Gasteiger charge is 2.17. The van der Waals surface area contributed by atoms with E-state index in [2.05, 4.69) is 49.4 Å². The van der Waals surface area contributed by atoms with Crippen LogP contribution in [0.4, 0.5) is 0 Å². The molecule has 0 atom stereocenters. The van der Waals surface area contributed by atoms with Crippen LogP contribution in [0.5, 0.6) is 5.88 Å². The Morgan fingerprint density at radius 1 is 1.15 bits per heavy atom. The highest BCUT2D eigenvalue weighted by molar-refractivity contribution is 6.31. The second-order valence-electron chi connectivity index (χ2n) is 6.93. The zero-order chi connectivity index (χ0) is 18.0. The third kappa shape index (κ3) is 4.16. The molecule has 1 aromatic carbocycles. The Hall–Kier alpha value is -1.71. The van der Waals surface area contributed by atoms with Crippen molar-refractivity contribution in [3.05, 3.63) is 58.4 Å². The van der Waals surface area contributed by atoms with Crippen molar-refractivity contribution in [1.82, 2.24) is 9.55 Å². The highest BCUT2D eigenvalue weighted by Crippen LogP contribution is 2.32. The molecule has 3 nitrogen and oxygen atoms in total. The minimum absolute atomic E-state index is 0. The first-order valence-electron chi connectivity index (χ1n) is 8.79. The number of hydrogen-bond acceptors (Lipinski definition) is 2. The van der Waals surface area contributed by atoms with Crippen LogP contribution in [-0.2, 0) is 6.54 Å². The molecular weight excluding hydrogens is 367 g/mol. The summed E-state index contributed by atoms with van der Waals surface area (Å²) < 4.78 is 8.31. The first-order chi connectivity index (χ1) is 12.0. The van der Waals surface area contributed by atoms with Gasteiger partial charge in [-0.1, -0.05) is 43.6 Å². The molecule has 0 fully saturated rings. The van der Waals surface area contributed by atoms with Crippen molar-refractivity contribution < 1.29 is 4.74 Å². The number of ether oxygens (including phenoxy) is 1. The van der Waals surface area contributed by atoms with Crippen molar-refractivity contribution in [2.24, 2.45) is 5.92 Å². The quantitative estimate of drug-likeness (QED) is 0.498. The van der Waals surface area contributed by atoms with Crippen LogP contribution in [0, 0.1) is 19.8 Å². The Morgan fingerprint density at radius 2 is 1.88 bits per heavy atom. The largest absolute Gasteiger partial charge is 0.476 e. The van der Waals surface area contributed by atoms with Gasteiger partial charge < -0.3 is 9.30 Å². The Balaban J connectivity index is 0.00000243. The molecule has 3 rings (SSSR count). The number of fused-ring (bicyclic) bond motifs is 1. The van der Waals surface area contributed by atoms with Crippen LogP contribution in [-0.4, -0.2) is 16.2 Å². The first-order valence-corrected chi connectivity index (χ1v) is 9.17. The summed E-state index contributed by atoms with van der Waals surface area (Å²) in [7, 11) is 0. The Bertz CT molecular complexity index is 887. The predicted molar refractivity (Wildman–Crippen MR) is 112 cm³/mol. The molecular formula is C21H26Cl2N2O. The molecule has 0 spiro atoms. The van der Waals surface area contributed by atoms with E-state index in [4.69, 9.17) is 16.3 Å². The van der Waals surface area contributed by atoms with Gasteiger partial charge in [0.15, 0.2) is 0 Å². The molecule has 0 saturated carbocycles. The predicted octanol–water partition coefficient (Wildman–Crippen LogP) is 6.20. The molecule has 3 aromatic rings. The average Bonchev–Trinajstić information content (AvgIpc) is 2.82. The van der Waals surface area contributed by atoms with Gasteiger partial charge in [0, 0.05) is 28.8 Å². The van der Waals surface area contributed by atoms with Gasteiger partial charge in [-0.2, -0.15) is 0 Å². The van der Waals surface area contributed by atoms with Crippen molar-refractivity contribution in [1.29, 1.82) is 0 Å². The summed E-state index contributed by atoms with van der Waals surface area (Å²) in [6, 6.07) is 10.0. The number of rotatable bonds is 6. The smallest absolute Gasteiger partial charge is 0.238 e. The van der Waals surface area contributed by atoms with E-state index in [1.165, 1.54) is 16.6 Å². The molecule has 2 aromatic heterocycles. The van der Waals surface area contributed by atoms with E-state index in [0.717, 1.165) is 22.5 Å². The normalized spacial score (nSPS) is 11.0. The van der Waals surface area contributed by atoms with Gasteiger partial charge in [0.2, 0.25) is 5.88 Å². The standard InChI is InChI=1S/C21H25ClN2O.ClH/c1-14(2)10-12-25-21-20-18(9-11-23-21)15(3)16(4)24(20)13-17-7-5-6-8-19(17)22;/h5-9,11,14H,10,12-13H2,1-4H3;1H. The Labute approximate surface area is 166 Å². The lowest BCUT2D eigenvalue weighted by Gasteiger charge is -2.13. The molecule has 0 aliphatic heterocycles. The number of hydrogen-bond donors (Lipinski definition) is 0. The molecule has 0 saturated heterocycles. The van der Waals surface area contributed by atoms with Gasteiger partial charge >= 0.3 is 0 Å². The topological polar surface area (TPSA) is 27.1 Å². The van der Waals surface area contributed by atoms with Gasteiger partial charge in [-0.3, -0.25) is 0 Å². The van der Waals surface area contributed by atoms with Gasteiger partial charge in [-0.25, -0.2) is 4.98 Å². The molecule has 0 amide bonds. The van der Waals surface area contributed by atoms with Crippen LogP contribution >= 0.6 is 24.0 Å². The lowest BCUT2D eigenvalue weighted by Crippen LogP contribution is -2.07. The summed E-state index contributed by atoms with van der Waals surface area (Å²) in [5.74, 6) is 1.32. The van der Waals surface area contributed by atoms with E-state index < -0.39 is 0 Å². The van der Waals surface area contributed by atoms with E-state index in [0.29, 0.717) is 24.9 Å². The molecule has 140 valence electrons. The number of pyridine rings is 1. The number of halogens is 2. The van der Waals surface area contributed by atoms with Crippen LogP contribution in [0.2, 0.25) is 5.02 Å². The fourth-order valence-corrected chi connectivity index (χ4v) is 3.25. The van der Waals surface area contributed by atoms with E-state index >= 15 is 0 Å². The van der Waals surface area contributed by atoms with Gasteiger partial charge in [-0.05, 0) is 49.4 Å². The SMILES string of the molecule is Cc1c(C)n(Cc2ccccc2Cl)c2c(OCCC(C)C)nccc12.Cl. The number of aryl methyl sites for hydroxylation is 1. The summed E-state index contributed by atoms with van der Waals surface area (Å²) in [5.41, 5.74) is 4.64. The molecule has 2 heterocycles. The summed E-state index contributed by atoms with van der Waals surface area (Å²) in [5, 5.41) is 1.98. The van der Waals surface area contributed by atoms with Gasteiger partial charge in [0.1, 0.15) is 5.52 Å². The number of nitrogens with zero attached hydrogens (tertiary/aromatic N) is 2. The van der Waals surface area contributed by atoms with Gasteiger partial charge in [-0.15, -0.1) is 12.4 Å². The fourth-order valence-electron chi connectivity index (χ4n) is 3.05. The summed E-state index contributed by atoms with van der Waals surface area (Å²) in [6.07, 6.45) is 2.85. The maximum atomic E-state index is 6.38. The van der Waals surface area contributed by atoms with E-state index in [9.17, 15) is 0 Å². The summed E-state index contributed by atoms with van der Waals surface area (Å²) in [4.78, 5) is 4.51. The Kier molecular flexibility index (Phi) is 6.96. The van der Waals surface area contributed by atoms with Crippen molar-refractivity contribution in [3.63, 3.8) is 0 Å². The molecule has 0 N–H and O–H groups in total. The van der Waals surface area contributed by atoms with Crippen LogP contribution in [0.3, 0.4) is 0 Å². The van der Waals surface area contributed by atoms with Crippen LogP contribution in [0.15, 0.2) is 36.5 Å². The van der Waals surface area contributed by atoms with Crippen LogP contribution in [0.1, 0.15) is 37.1 Å². The molecule has 0 aliphatic rings. The number of aromatic nitrogens is 2. The van der Waals surface area contributed by atoms with E-state index in [1.807, 2.05) is 24.4 Å². The lowest BCUT2D eigenvalue weighted by molar-refractivity contribution is 0.281. The number of benzene rings is 1. The molecule has 26 heavy (non-hydrogen) atoms. The maximum Gasteiger partial charge on any atom is 0.238 e. The first kappa shape index (κ1) is 20.6. The van der Waals surface area contributed by atoms with Crippen molar-refractivity contribution >= 4 is 34.9 Å². The highest BCUT2D eigenvalue weighted by atomic mass is 35.5. The van der Waals surface area contributed by atoms with Crippen molar-refractivity contribution in [2.75, 3.05) is 6.61 Å². The van der Waals surface area contributed by atoms with Gasteiger partial charge in [0.05, 0.1) is 6.61 Å². The second-order valence-corrected chi connectivity index (χ2v) is 7.34. The van der Waals surface area contributed by atoms with Crippen LogP contribution < -0.4 is 4.74 Å². The van der Waals surface area contributed by atoms with E-state index in [-0.39, 0.29) is 12.4 Å². The van der Waals surface area contributed by atoms with E-state index in [1.54, 1.807) is 0 Å². The fraction of sp³-hybridized carbons (Fsp3) is 0.381. The van der Waals surface area contributed by atoms with Crippen LogP contribution in [0.25, 0.3) is 10.9 Å². The molecule has 0 bridgehead atoms. The summed E-state index contributed by atoms with van der Waals surface area (Å²) in [6.45, 7) is 10.1.